The van der Waals surface area contributed by atoms with E-state index in [4.69, 9.17) is 4.65 Å². The van der Waals surface area contributed by atoms with Crippen LogP contribution in [0.3, 0.4) is 0 Å². The first-order chi connectivity index (χ1) is 7.00. The van der Waals surface area contributed by atoms with E-state index in [0.717, 1.165) is 12.7 Å². The molecule has 0 saturated carbocycles. The molecule has 0 unspecified atom stereocenters. The summed E-state index contributed by atoms with van der Waals surface area (Å²) in [5.74, 6) is 0. The minimum Gasteiger partial charge on any atom is -0.425 e. The lowest BCUT2D eigenvalue weighted by Crippen LogP contribution is -2.40. The fraction of sp³-hybridized carbons (Fsp3) is 0.667. The Labute approximate surface area is 98.0 Å². The Morgan fingerprint density at radius 2 is 2.07 bits per heavy atom. The Bertz CT molecular complexity index is 306. The quantitative estimate of drug-likeness (QED) is 0.696. The highest BCUT2D eigenvalue weighted by Crippen LogP contribution is 2.18. The Balaban J connectivity index is 2.77. The zero-order valence-corrected chi connectivity index (χ0v) is 11.3. The lowest BCUT2D eigenvalue weighted by atomic mass is 9.62. The van der Waals surface area contributed by atoms with Gasteiger partial charge in [0.2, 0.25) is 0 Å². The molecular weight excluding hydrogens is 203 g/mol. The van der Waals surface area contributed by atoms with E-state index >= 15 is 0 Å². The number of aryl methyl sites for hydroxylation is 1. The maximum Gasteiger partial charge on any atom is 0.337 e. The SMILES string of the molecule is CCB(OC(C)(C)CC)c1sccc1C. The molecule has 0 aliphatic rings. The predicted octanol–water partition coefficient (Wildman–Crippen LogP) is 3.48. The maximum atomic E-state index is 6.17. The lowest BCUT2D eigenvalue weighted by Gasteiger charge is -2.28. The van der Waals surface area contributed by atoms with Crippen molar-refractivity contribution in [2.45, 2.75) is 53.0 Å². The summed E-state index contributed by atoms with van der Waals surface area (Å²) in [5.41, 5.74) is 1.34. The summed E-state index contributed by atoms with van der Waals surface area (Å²) in [6.45, 7) is 11.1. The topological polar surface area (TPSA) is 9.23 Å². The number of rotatable bonds is 5. The van der Waals surface area contributed by atoms with Crippen LogP contribution in [0.5, 0.6) is 0 Å². The zero-order valence-electron chi connectivity index (χ0n) is 10.5. The Morgan fingerprint density at radius 3 is 2.47 bits per heavy atom. The van der Waals surface area contributed by atoms with Crippen molar-refractivity contribution in [3.63, 3.8) is 0 Å². The molecule has 0 aliphatic heterocycles. The standard InChI is InChI=1S/C12H21BOS/c1-6-12(4,5)14-13(7-2)11-10(3)8-9-15-11/h8-9H,6-7H2,1-5H3. The van der Waals surface area contributed by atoms with Gasteiger partial charge in [-0.2, -0.15) is 11.3 Å². The summed E-state index contributed by atoms with van der Waals surface area (Å²) < 4.78 is 7.56. The van der Waals surface area contributed by atoms with Crippen LogP contribution >= 0.6 is 11.3 Å². The maximum absolute atomic E-state index is 6.17. The summed E-state index contributed by atoms with van der Waals surface area (Å²) in [6, 6.07) is 2.17. The Kier molecular flexibility index (Phi) is 4.41. The summed E-state index contributed by atoms with van der Waals surface area (Å²) in [6.07, 6.45) is 2.10. The normalized spacial score (nSPS) is 11.8. The fourth-order valence-electron chi connectivity index (χ4n) is 1.50. The first-order valence-corrected chi connectivity index (χ1v) is 6.60. The van der Waals surface area contributed by atoms with E-state index in [1.54, 1.807) is 0 Å². The summed E-state index contributed by atoms with van der Waals surface area (Å²) >= 11 is 1.81. The minimum absolute atomic E-state index is 0.0168. The van der Waals surface area contributed by atoms with Gasteiger partial charge in [-0.3, -0.25) is 0 Å². The van der Waals surface area contributed by atoms with E-state index in [0.29, 0.717) is 0 Å². The van der Waals surface area contributed by atoms with Gasteiger partial charge in [0.15, 0.2) is 0 Å². The van der Waals surface area contributed by atoms with Gasteiger partial charge in [0.05, 0.1) is 0 Å². The van der Waals surface area contributed by atoms with Crippen LogP contribution in [-0.4, -0.2) is 12.5 Å². The molecule has 0 aromatic carbocycles. The molecule has 15 heavy (non-hydrogen) atoms. The van der Waals surface area contributed by atoms with Crippen molar-refractivity contribution < 1.29 is 4.65 Å². The van der Waals surface area contributed by atoms with Crippen LogP contribution in [0.25, 0.3) is 0 Å². The van der Waals surface area contributed by atoms with Crippen molar-refractivity contribution in [2.24, 2.45) is 0 Å². The van der Waals surface area contributed by atoms with Crippen LogP contribution < -0.4 is 4.78 Å². The number of hydrogen-bond donors (Lipinski definition) is 0. The molecule has 1 heterocycles. The van der Waals surface area contributed by atoms with Gasteiger partial charge in [-0.1, -0.05) is 13.8 Å². The third-order valence-electron chi connectivity index (χ3n) is 2.88. The molecule has 0 fully saturated rings. The Morgan fingerprint density at radius 1 is 1.40 bits per heavy atom. The molecule has 0 N–H and O–H groups in total. The predicted molar refractivity (Wildman–Crippen MR) is 70.4 cm³/mol. The summed E-state index contributed by atoms with van der Waals surface area (Å²) in [7, 11) is 0. The van der Waals surface area contributed by atoms with Gasteiger partial charge in [0.1, 0.15) is 0 Å². The van der Waals surface area contributed by atoms with Gasteiger partial charge in [-0.25, -0.2) is 0 Å². The molecule has 0 amide bonds. The number of hydrogen-bond acceptors (Lipinski definition) is 2. The highest BCUT2D eigenvalue weighted by atomic mass is 32.1. The molecule has 84 valence electrons. The van der Waals surface area contributed by atoms with Crippen LogP contribution in [0.4, 0.5) is 0 Å². The van der Waals surface area contributed by atoms with Crippen LogP contribution in [0, 0.1) is 6.92 Å². The summed E-state index contributed by atoms with van der Waals surface area (Å²) in [4.78, 5) is 0. The van der Waals surface area contributed by atoms with Gasteiger partial charge < -0.3 is 4.65 Å². The average Bonchev–Trinajstić information content (AvgIpc) is 2.61. The first-order valence-electron chi connectivity index (χ1n) is 5.72. The van der Waals surface area contributed by atoms with E-state index in [2.05, 4.69) is 46.1 Å². The van der Waals surface area contributed by atoms with Crippen molar-refractivity contribution in [2.75, 3.05) is 0 Å². The molecule has 1 aromatic heterocycles. The molecule has 0 saturated heterocycles. The van der Waals surface area contributed by atoms with Crippen LogP contribution in [0.1, 0.15) is 39.7 Å². The fourth-order valence-corrected chi connectivity index (χ4v) is 2.54. The second kappa shape index (κ2) is 5.17. The molecule has 0 bridgehead atoms. The monoisotopic (exact) mass is 224 g/mol. The first kappa shape index (κ1) is 12.8. The van der Waals surface area contributed by atoms with Crippen molar-refractivity contribution in [1.29, 1.82) is 0 Å². The van der Waals surface area contributed by atoms with Gasteiger partial charge in [0, 0.05) is 10.4 Å². The molecule has 0 radical (unpaired) electrons. The zero-order chi connectivity index (χ0) is 11.5. The highest BCUT2D eigenvalue weighted by molar-refractivity contribution is 7.21. The van der Waals surface area contributed by atoms with Crippen molar-refractivity contribution in [3.8, 4) is 0 Å². The molecule has 0 spiro atoms. The van der Waals surface area contributed by atoms with Gasteiger partial charge >= 0.3 is 6.92 Å². The Hall–Kier alpha value is -0.275. The third kappa shape index (κ3) is 3.35. The minimum atomic E-state index is -0.0168. The molecule has 1 rings (SSSR count). The van der Waals surface area contributed by atoms with E-state index in [9.17, 15) is 0 Å². The van der Waals surface area contributed by atoms with E-state index in [-0.39, 0.29) is 12.5 Å². The van der Waals surface area contributed by atoms with Crippen LogP contribution in [-0.2, 0) is 4.65 Å². The molecule has 3 heteroatoms. The largest absolute Gasteiger partial charge is 0.425 e. The van der Waals surface area contributed by atoms with Crippen molar-refractivity contribution >= 4 is 23.0 Å². The third-order valence-corrected chi connectivity index (χ3v) is 3.99. The van der Waals surface area contributed by atoms with E-state index in [1.807, 2.05) is 11.3 Å². The van der Waals surface area contributed by atoms with Crippen molar-refractivity contribution in [1.82, 2.24) is 0 Å². The van der Waals surface area contributed by atoms with E-state index < -0.39 is 0 Å². The second-order valence-electron chi connectivity index (χ2n) is 4.60. The van der Waals surface area contributed by atoms with Gasteiger partial charge in [-0.15, -0.1) is 0 Å². The van der Waals surface area contributed by atoms with Crippen LogP contribution in [0.2, 0.25) is 6.32 Å². The van der Waals surface area contributed by atoms with E-state index in [1.165, 1.54) is 10.3 Å². The summed E-state index contributed by atoms with van der Waals surface area (Å²) in [5, 5.41) is 2.15. The molecular formula is C12H21BOS. The van der Waals surface area contributed by atoms with Gasteiger partial charge in [0.25, 0.3) is 0 Å². The van der Waals surface area contributed by atoms with Crippen LogP contribution in [0.15, 0.2) is 11.4 Å². The van der Waals surface area contributed by atoms with Crippen molar-refractivity contribution in [3.05, 3.63) is 17.0 Å². The molecule has 1 nitrogen and oxygen atoms in total. The second-order valence-corrected chi connectivity index (χ2v) is 5.54. The van der Waals surface area contributed by atoms with Gasteiger partial charge in [-0.05, 0) is 50.5 Å². The average molecular weight is 224 g/mol. The molecule has 0 atom stereocenters. The molecule has 1 aromatic rings. The number of thiophene rings is 1. The highest BCUT2D eigenvalue weighted by Gasteiger charge is 2.27. The molecule has 0 aliphatic carbocycles. The smallest absolute Gasteiger partial charge is 0.337 e. The lowest BCUT2D eigenvalue weighted by molar-refractivity contribution is 0.106.